The molecule has 29 heavy (non-hydrogen) atoms. The normalized spacial score (nSPS) is 31.2. The van der Waals surface area contributed by atoms with Crippen molar-refractivity contribution in [3.63, 3.8) is 0 Å². The number of imidazole rings is 1. The van der Waals surface area contributed by atoms with Gasteiger partial charge in [-0.3, -0.25) is 4.90 Å². The average molecular weight is 425 g/mol. The van der Waals surface area contributed by atoms with E-state index in [0.717, 1.165) is 35.8 Å². The Morgan fingerprint density at radius 1 is 1.21 bits per heavy atom. The van der Waals surface area contributed by atoms with E-state index in [0.29, 0.717) is 37.4 Å². The van der Waals surface area contributed by atoms with Gasteiger partial charge in [0.15, 0.2) is 5.82 Å². The lowest BCUT2D eigenvalue weighted by Gasteiger charge is -2.37. The number of aromatic nitrogens is 3. The van der Waals surface area contributed by atoms with E-state index in [1.807, 2.05) is 22.6 Å². The fourth-order valence-corrected chi connectivity index (χ4v) is 5.64. The van der Waals surface area contributed by atoms with E-state index in [4.69, 9.17) is 21.3 Å². The maximum absolute atomic E-state index is 13.8. The van der Waals surface area contributed by atoms with Crippen LogP contribution in [-0.4, -0.2) is 82.9 Å². The lowest BCUT2D eigenvalue weighted by Crippen LogP contribution is -2.50. The molecule has 156 valence electrons. The van der Waals surface area contributed by atoms with Gasteiger partial charge in [-0.15, -0.1) is 0 Å². The molecule has 0 unspecified atom stereocenters. The van der Waals surface area contributed by atoms with E-state index in [1.165, 1.54) is 0 Å². The predicted molar refractivity (Wildman–Crippen MR) is 106 cm³/mol. The van der Waals surface area contributed by atoms with Gasteiger partial charge in [-0.25, -0.2) is 18.7 Å². The highest BCUT2D eigenvalue weighted by Crippen LogP contribution is 2.39. The molecule has 0 amide bonds. The van der Waals surface area contributed by atoms with Gasteiger partial charge in [-0.1, -0.05) is 11.6 Å². The molecule has 0 radical (unpaired) electrons. The van der Waals surface area contributed by atoms with E-state index in [-0.39, 0.29) is 25.1 Å². The van der Waals surface area contributed by atoms with Gasteiger partial charge in [0.1, 0.15) is 10.7 Å². The molecule has 7 nitrogen and oxygen atoms in total. The van der Waals surface area contributed by atoms with Gasteiger partial charge in [0.2, 0.25) is 5.95 Å². The molecule has 4 aliphatic heterocycles. The Hall–Kier alpha value is -1.71. The molecule has 2 bridgehead atoms. The number of rotatable bonds is 2. The van der Waals surface area contributed by atoms with Crippen LogP contribution in [0.1, 0.15) is 12.8 Å². The summed E-state index contributed by atoms with van der Waals surface area (Å²) in [6, 6.07) is 2.01. The summed E-state index contributed by atoms with van der Waals surface area (Å²) in [6.07, 6.45) is 1.17. The quantitative estimate of drug-likeness (QED) is 0.688. The fourth-order valence-electron chi connectivity index (χ4n) is 5.45. The van der Waals surface area contributed by atoms with Crippen molar-refractivity contribution in [1.82, 2.24) is 19.4 Å². The van der Waals surface area contributed by atoms with Gasteiger partial charge in [-0.05, 0) is 6.42 Å². The number of morpholine rings is 1. The number of hydrogen-bond donors (Lipinski definition) is 0. The number of fused-ring (bicyclic) bond motifs is 4. The Kier molecular flexibility index (Phi) is 3.84. The van der Waals surface area contributed by atoms with E-state index in [1.54, 1.807) is 0 Å². The molecule has 0 aliphatic carbocycles. The second kappa shape index (κ2) is 6.15. The first-order valence-corrected chi connectivity index (χ1v) is 10.5. The van der Waals surface area contributed by atoms with Crippen molar-refractivity contribution in [2.24, 2.45) is 7.05 Å². The van der Waals surface area contributed by atoms with Crippen molar-refractivity contribution in [3.05, 3.63) is 11.2 Å². The first-order valence-electron chi connectivity index (χ1n) is 10.2. The van der Waals surface area contributed by atoms with Crippen LogP contribution in [0.4, 0.5) is 20.5 Å². The third-order valence-electron chi connectivity index (χ3n) is 6.82. The SMILES string of the molecule is Cn1c(N2CCN3CC(F)(F)C[C@H]3C2)nc2c(N3C[C@H]4C[C@@H]3CO4)nc(Cl)cc21. The van der Waals surface area contributed by atoms with Crippen LogP contribution >= 0.6 is 11.6 Å². The minimum atomic E-state index is -2.59. The van der Waals surface area contributed by atoms with Crippen LogP contribution in [-0.2, 0) is 11.8 Å². The molecular formula is C19H23ClF2N6O. The second-order valence-corrected chi connectivity index (χ2v) is 9.12. The Bertz CT molecular complexity index is 983. The number of alkyl halides is 2. The topological polar surface area (TPSA) is 49.7 Å². The molecule has 0 aromatic carbocycles. The summed E-state index contributed by atoms with van der Waals surface area (Å²) in [6.45, 7) is 3.25. The number of hydrogen-bond acceptors (Lipinski definition) is 6. The predicted octanol–water partition coefficient (Wildman–Crippen LogP) is 2.13. The molecule has 0 spiro atoms. The first kappa shape index (κ1) is 18.1. The Morgan fingerprint density at radius 3 is 2.83 bits per heavy atom. The number of piperazine rings is 1. The number of ether oxygens (including phenoxy) is 1. The van der Waals surface area contributed by atoms with Crippen LogP contribution in [0.2, 0.25) is 5.15 Å². The van der Waals surface area contributed by atoms with Crippen molar-refractivity contribution in [2.45, 2.75) is 37.0 Å². The Labute approximate surface area is 172 Å². The molecular weight excluding hydrogens is 402 g/mol. The van der Waals surface area contributed by atoms with Crippen molar-refractivity contribution >= 4 is 34.4 Å². The Balaban J connectivity index is 1.37. The van der Waals surface area contributed by atoms with Crippen LogP contribution in [0.25, 0.3) is 11.0 Å². The van der Waals surface area contributed by atoms with Gasteiger partial charge in [-0.2, -0.15) is 0 Å². The maximum atomic E-state index is 13.8. The van der Waals surface area contributed by atoms with E-state index < -0.39 is 5.92 Å². The molecule has 0 saturated carbocycles. The largest absolute Gasteiger partial charge is 0.374 e. The molecule has 0 N–H and O–H groups in total. The summed E-state index contributed by atoms with van der Waals surface area (Å²) in [5.41, 5.74) is 1.73. The maximum Gasteiger partial charge on any atom is 0.262 e. The van der Waals surface area contributed by atoms with Gasteiger partial charge >= 0.3 is 0 Å². The highest BCUT2D eigenvalue weighted by Gasteiger charge is 2.47. The van der Waals surface area contributed by atoms with Gasteiger partial charge < -0.3 is 19.1 Å². The number of nitrogens with zero attached hydrogens (tertiary/aromatic N) is 6. The smallest absolute Gasteiger partial charge is 0.262 e. The van der Waals surface area contributed by atoms with Crippen LogP contribution in [0.15, 0.2) is 6.07 Å². The first-order chi connectivity index (χ1) is 13.9. The summed E-state index contributed by atoms with van der Waals surface area (Å²) >= 11 is 6.36. The van der Waals surface area contributed by atoms with Gasteiger partial charge in [0.25, 0.3) is 5.92 Å². The van der Waals surface area contributed by atoms with E-state index >= 15 is 0 Å². The van der Waals surface area contributed by atoms with Crippen molar-refractivity contribution in [3.8, 4) is 0 Å². The molecule has 2 aromatic rings. The lowest BCUT2D eigenvalue weighted by molar-refractivity contribution is 0.0125. The standard InChI is InChI=1S/C19H23ClF2N6O/c1-25-14-5-15(20)23-17(28-8-13-4-11(28)9-29-13)16(14)24-18(25)26-2-3-27-10-19(21,22)6-12(27)7-26/h5,11-13H,2-4,6-10H2,1H3/t11-,12+,13-/m1/s1. The highest BCUT2D eigenvalue weighted by atomic mass is 35.5. The zero-order valence-electron chi connectivity index (χ0n) is 16.2. The fraction of sp³-hybridized carbons (Fsp3) is 0.684. The molecule has 10 heteroatoms. The summed E-state index contributed by atoms with van der Waals surface area (Å²) in [7, 11) is 1.96. The zero-order valence-corrected chi connectivity index (χ0v) is 16.9. The number of aryl methyl sites for hydroxylation is 1. The van der Waals surface area contributed by atoms with Crippen LogP contribution < -0.4 is 9.80 Å². The summed E-state index contributed by atoms with van der Waals surface area (Å²) in [5.74, 6) is -0.994. The summed E-state index contributed by atoms with van der Waals surface area (Å²) < 4.78 is 35.4. The zero-order chi connectivity index (χ0) is 19.9. The lowest BCUT2D eigenvalue weighted by atomic mass is 10.1. The summed E-state index contributed by atoms with van der Waals surface area (Å²) in [4.78, 5) is 15.8. The van der Waals surface area contributed by atoms with Crippen molar-refractivity contribution < 1.29 is 13.5 Å². The second-order valence-electron chi connectivity index (χ2n) is 8.73. The molecule has 6 heterocycles. The molecule has 6 rings (SSSR count). The third kappa shape index (κ3) is 2.81. The minimum Gasteiger partial charge on any atom is -0.374 e. The van der Waals surface area contributed by atoms with Crippen LogP contribution in [0.5, 0.6) is 0 Å². The molecule has 2 aromatic heterocycles. The number of anilines is 2. The van der Waals surface area contributed by atoms with Crippen molar-refractivity contribution in [1.29, 1.82) is 0 Å². The molecule has 4 saturated heterocycles. The van der Waals surface area contributed by atoms with Crippen LogP contribution in [0, 0.1) is 0 Å². The van der Waals surface area contributed by atoms with Gasteiger partial charge in [0.05, 0.1) is 30.8 Å². The van der Waals surface area contributed by atoms with Crippen LogP contribution in [0.3, 0.4) is 0 Å². The number of halogens is 3. The molecule has 4 aliphatic rings. The molecule has 4 fully saturated rings. The van der Waals surface area contributed by atoms with E-state index in [9.17, 15) is 8.78 Å². The average Bonchev–Trinajstić information content (AvgIpc) is 3.42. The Morgan fingerprint density at radius 2 is 2.07 bits per heavy atom. The highest BCUT2D eigenvalue weighted by molar-refractivity contribution is 6.30. The van der Waals surface area contributed by atoms with E-state index in [2.05, 4.69) is 14.8 Å². The minimum absolute atomic E-state index is 0.0804. The van der Waals surface area contributed by atoms with Gasteiger partial charge in [0, 0.05) is 51.8 Å². The monoisotopic (exact) mass is 424 g/mol. The third-order valence-corrected chi connectivity index (χ3v) is 7.02. The number of pyridine rings is 1. The molecule has 3 atom stereocenters. The van der Waals surface area contributed by atoms with Crippen molar-refractivity contribution in [2.75, 3.05) is 49.1 Å². The summed E-state index contributed by atoms with van der Waals surface area (Å²) in [5, 5.41) is 0.436.